The van der Waals surface area contributed by atoms with Gasteiger partial charge in [0.15, 0.2) is 0 Å². The molecule has 1 aromatic rings. The van der Waals surface area contributed by atoms with Crippen LogP contribution in [0.4, 0.5) is 0 Å². The molecule has 1 saturated carbocycles. The first-order chi connectivity index (χ1) is 10.0. The average Bonchev–Trinajstić information content (AvgIpc) is 3.17. The fraction of sp³-hybridized carbons (Fsp3) is 0.667. The smallest absolute Gasteiger partial charge is 0.209 e. The van der Waals surface area contributed by atoms with Crippen LogP contribution in [0.25, 0.3) is 0 Å². The van der Waals surface area contributed by atoms with Crippen molar-refractivity contribution in [3.8, 4) is 0 Å². The van der Waals surface area contributed by atoms with Crippen LogP contribution in [0, 0.1) is 5.92 Å². The first-order valence-corrected chi connectivity index (χ1v) is 9.50. The van der Waals surface area contributed by atoms with Crippen LogP contribution >= 0.6 is 0 Å². The Morgan fingerprint density at radius 2 is 2.19 bits per heavy atom. The van der Waals surface area contributed by atoms with Gasteiger partial charge < -0.3 is 0 Å². The number of aromatic nitrogens is 1. The van der Waals surface area contributed by atoms with Crippen molar-refractivity contribution in [3.05, 3.63) is 30.1 Å². The van der Waals surface area contributed by atoms with Gasteiger partial charge in [-0.1, -0.05) is 6.07 Å². The lowest BCUT2D eigenvalue weighted by Crippen LogP contribution is -2.46. The molecule has 116 valence electrons. The van der Waals surface area contributed by atoms with Gasteiger partial charge in [-0.15, -0.1) is 0 Å². The van der Waals surface area contributed by atoms with E-state index < -0.39 is 10.0 Å². The van der Waals surface area contributed by atoms with E-state index in [1.807, 2.05) is 12.3 Å². The van der Waals surface area contributed by atoms with Crippen molar-refractivity contribution in [2.24, 2.45) is 5.92 Å². The summed E-state index contributed by atoms with van der Waals surface area (Å²) in [5, 5.41) is 0. The molecule has 2 fully saturated rings. The molecule has 3 rings (SSSR count). The fourth-order valence-corrected chi connectivity index (χ4v) is 4.05. The Balaban J connectivity index is 1.73. The van der Waals surface area contributed by atoms with E-state index in [2.05, 4.69) is 20.7 Å². The molecule has 5 nitrogen and oxygen atoms in total. The Morgan fingerprint density at radius 1 is 1.38 bits per heavy atom. The topological polar surface area (TPSA) is 62.3 Å². The number of pyridine rings is 1. The van der Waals surface area contributed by atoms with Crippen LogP contribution in [0.2, 0.25) is 0 Å². The van der Waals surface area contributed by atoms with Crippen LogP contribution in [0.15, 0.2) is 24.5 Å². The molecule has 0 bridgehead atoms. The molecule has 1 aromatic heterocycles. The second kappa shape index (κ2) is 6.02. The third-order valence-electron chi connectivity index (χ3n) is 4.38. The number of hydrogen-bond acceptors (Lipinski definition) is 4. The van der Waals surface area contributed by atoms with Crippen molar-refractivity contribution in [3.63, 3.8) is 0 Å². The summed E-state index contributed by atoms with van der Waals surface area (Å²) < 4.78 is 26.0. The largest absolute Gasteiger partial charge is 0.298 e. The highest BCUT2D eigenvalue weighted by Crippen LogP contribution is 2.33. The molecule has 1 saturated heterocycles. The Hall–Kier alpha value is -0.980. The Labute approximate surface area is 126 Å². The second-order valence-electron chi connectivity index (χ2n) is 6.36. The van der Waals surface area contributed by atoms with Gasteiger partial charge in [-0.25, -0.2) is 13.1 Å². The molecule has 0 spiro atoms. The minimum atomic E-state index is -3.16. The third-order valence-corrected chi connectivity index (χ3v) is 5.11. The Kier molecular flexibility index (Phi) is 4.28. The zero-order valence-electron chi connectivity index (χ0n) is 12.4. The van der Waals surface area contributed by atoms with Crippen LogP contribution in [0.3, 0.4) is 0 Å². The van der Waals surface area contributed by atoms with Gasteiger partial charge in [0.1, 0.15) is 0 Å². The van der Waals surface area contributed by atoms with Crippen LogP contribution in [-0.2, 0) is 16.4 Å². The van der Waals surface area contributed by atoms with Gasteiger partial charge in [0.05, 0.1) is 6.26 Å². The summed E-state index contributed by atoms with van der Waals surface area (Å²) in [4.78, 5) is 6.63. The summed E-state index contributed by atoms with van der Waals surface area (Å²) in [6, 6.07) is 4.26. The second-order valence-corrected chi connectivity index (χ2v) is 8.14. The molecule has 0 unspecified atom stereocenters. The molecule has 21 heavy (non-hydrogen) atoms. The number of nitrogens with one attached hydrogen (secondary N) is 1. The number of nitrogens with zero attached hydrogens (tertiary/aromatic N) is 2. The van der Waals surface area contributed by atoms with E-state index in [1.165, 1.54) is 24.7 Å². The molecular formula is C15H23N3O2S. The van der Waals surface area contributed by atoms with Gasteiger partial charge in [-0.2, -0.15) is 0 Å². The molecule has 0 amide bonds. The maximum absolute atomic E-state index is 11.6. The lowest BCUT2D eigenvalue weighted by molar-refractivity contribution is 0.230. The van der Waals surface area contributed by atoms with Gasteiger partial charge in [-0.05, 0) is 43.2 Å². The zero-order valence-corrected chi connectivity index (χ0v) is 13.2. The van der Waals surface area contributed by atoms with Crippen LogP contribution in [0.5, 0.6) is 0 Å². The SMILES string of the molecule is CS(=O)(=O)N[C@@H]1CCN(CC2CC2)[C@@H]1Cc1cccnc1. The van der Waals surface area contributed by atoms with E-state index in [1.54, 1.807) is 6.20 Å². The van der Waals surface area contributed by atoms with Gasteiger partial charge in [-0.3, -0.25) is 9.88 Å². The molecular weight excluding hydrogens is 286 g/mol. The molecule has 6 heteroatoms. The molecule has 2 aliphatic rings. The summed E-state index contributed by atoms with van der Waals surface area (Å²) in [6.45, 7) is 2.08. The van der Waals surface area contributed by atoms with Crippen molar-refractivity contribution in [1.82, 2.24) is 14.6 Å². The molecule has 0 aromatic carbocycles. The fourth-order valence-electron chi connectivity index (χ4n) is 3.22. The van der Waals surface area contributed by atoms with Crippen molar-refractivity contribution in [2.45, 2.75) is 37.8 Å². The summed E-state index contributed by atoms with van der Waals surface area (Å²) in [6.07, 6.45) is 9.29. The van der Waals surface area contributed by atoms with E-state index in [-0.39, 0.29) is 12.1 Å². The Morgan fingerprint density at radius 3 is 2.81 bits per heavy atom. The summed E-state index contributed by atoms with van der Waals surface area (Å²) in [7, 11) is -3.16. The van der Waals surface area contributed by atoms with Gasteiger partial charge in [0.2, 0.25) is 10.0 Å². The quantitative estimate of drug-likeness (QED) is 0.852. The first kappa shape index (κ1) is 14.9. The molecule has 1 aliphatic heterocycles. The summed E-state index contributed by atoms with van der Waals surface area (Å²) >= 11 is 0. The lowest BCUT2D eigenvalue weighted by atomic mass is 10.0. The van der Waals surface area contributed by atoms with E-state index in [4.69, 9.17) is 0 Å². The molecule has 2 atom stereocenters. The maximum atomic E-state index is 11.6. The molecule has 1 N–H and O–H groups in total. The van der Waals surface area contributed by atoms with E-state index in [0.29, 0.717) is 0 Å². The predicted octanol–water partition coefficient (Wildman–Crippen LogP) is 1.03. The molecule has 0 radical (unpaired) electrons. The highest BCUT2D eigenvalue weighted by Gasteiger charge is 2.38. The van der Waals surface area contributed by atoms with Crippen LogP contribution in [-0.4, -0.2) is 49.7 Å². The maximum Gasteiger partial charge on any atom is 0.209 e. The van der Waals surface area contributed by atoms with E-state index in [0.717, 1.165) is 31.8 Å². The monoisotopic (exact) mass is 309 g/mol. The number of sulfonamides is 1. The van der Waals surface area contributed by atoms with Crippen molar-refractivity contribution >= 4 is 10.0 Å². The van der Waals surface area contributed by atoms with Crippen LogP contribution < -0.4 is 4.72 Å². The molecule has 2 heterocycles. The first-order valence-electron chi connectivity index (χ1n) is 7.61. The zero-order chi connectivity index (χ0) is 14.9. The van der Waals surface area contributed by atoms with Crippen LogP contribution in [0.1, 0.15) is 24.8 Å². The highest BCUT2D eigenvalue weighted by atomic mass is 32.2. The van der Waals surface area contributed by atoms with E-state index in [9.17, 15) is 8.42 Å². The van der Waals surface area contributed by atoms with E-state index >= 15 is 0 Å². The lowest BCUT2D eigenvalue weighted by Gasteiger charge is -2.28. The summed E-state index contributed by atoms with van der Waals surface area (Å²) in [5.41, 5.74) is 1.17. The molecule has 1 aliphatic carbocycles. The number of likely N-dealkylation sites (tertiary alicyclic amines) is 1. The van der Waals surface area contributed by atoms with Crippen molar-refractivity contribution in [2.75, 3.05) is 19.3 Å². The predicted molar refractivity (Wildman–Crippen MR) is 82.4 cm³/mol. The summed E-state index contributed by atoms with van der Waals surface area (Å²) in [5.74, 6) is 0.818. The van der Waals surface area contributed by atoms with Gasteiger partial charge in [0.25, 0.3) is 0 Å². The number of rotatable bonds is 6. The standard InChI is InChI=1S/C15H23N3O2S/c1-21(19,20)17-14-6-8-18(11-12-4-5-12)15(14)9-13-3-2-7-16-10-13/h2-3,7,10,12,14-15,17H,4-6,8-9,11H2,1H3/t14-,15-/m1/s1. The average molecular weight is 309 g/mol. The van der Waals surface area contributed by atoms with Crippen molar-refractivity contribution < 1.29 is 8.42 Å². The minimum absolute atomic E-state index is 0.0129. The Bertz CT molecular complexity index is 572. The normalized spacial score (nSPS) is 27.1. The van der Waals surface area contributed by atoms with Gasteiger partial charge >= 0.3 is 0 Å². The highest BCUT2D eigenvalue weighted by molar-refractivity contribution is 7.88. The van der Waals surface area contributed by atoms with Crippen molar-refractivity contribution in [1.29, 1.82) is 0 Å². The minimum Gasteiger partial charge on any atom is -0.298 e. The van der Waals surface area contributed by atoms with Gasteiger partial charge in [0, 0.05) is 37.6 Å². The number of hydrogen-bond donors (Lipinski definition) is 1. The third kappa shape index (κ3) is 4.25.